The van der Waals surface area contributed by atoms with E-state index in [0.717, 1.165) is 27.9 Å². The Morgan fingerprint density at radius 3 is 2.60 bits per heavy atom. The molecule has 9 nitrogen and oxygen atoms in total. The maximum atomic E-state index is 13.2. The van der Waals surface area contributed by atoms with Crippen LogP contribution in [0.3, 0.4) is 0 Å². The van der Waals surface area contributed by atoms with Gasteiger partial charge in [-0.1, -0.05) is 41.9 Å². The van der Waals surface area contributed by atoms with Crippen molar-refractivity contribution in [3.63, 3.8) is 0 Å². The van der Waals surface area contributed by atoms with Crippen molar-refractivity contribution in [1.29, 1.82) is 0 Å². The van der Waals surface area contributed by atoms with Gasteiger partial charge in [0.15, 0.2) is 11.5 Å². The molecule has 1 N–H and O–H groups in total. The molecule has 0 unspecified atom stereocenters. The minimum Gasteiger partial charge on any atom is -0.490 e. The van der Waals surface area contributed by atoms with Gasteiger partial charge in [0, 0.05) is 23.7 Å². The van der Waals surface area contributed by atoms with E-state index in [4.69, 9.17) is 25.8 Å². The summed E-state index contributed by atoms with van der Waals surface area (Å²) in [7, 11) is 0. The second-order valence-electron chi connectivity index (χ2n) is 9.58. The molecule has 0 aromatic heterocycles. The number of carbonyl (C=O) groups excluding carboxylic acids is 3. The van der Waals surface area contributed by atoms with Gasteiger partial charge in [-0.2, -0.15) is 0 Å². The Balaban J connectivity index is 1.28. The first-order valence-electron chi connectivity index (χ1n) is 13.6. The van der Waals surface area contributed by atoms with Crippen molar-refractivity contribution in [3.05, 3.63) is 86.2 Å². The molecular weight excluding hydrogens is 658 g/mol. The van der Waals surface area contributed by atoms with Crippen molar-refractivity contribution in [2.45, 2.75) is 13.5 Å². The highest BCUT2D eigenvalue weighted by Gasteiger charge is 2.36. The Labute approximate surface area is 267 Å². The average Bonchev–Trinajstić information content (AvgIpc) is 3.25. The predicted molar refractivity (Wildman–Crippen MR) is 172 cm³/mol. The van der Waals surface area contributed by atoms with E-state index in [1.807, 2.05) is 43.3 Å². The topological polar surface area (TPSA) is 97.4 Å². The molecule has 0 bridgehead atoms. The number of anilines is 2. The van der Waals surface area contributed by atoms with Crippen molar-refractivity contribution < 1.29 is 28.6 Å². The summed E-state index contributed by atoms with van der Waals surface area (Å²) in [6.07, 6.45) is 1.60. The molecule has 2 fully saturated rings. The van der Waals surface area contributed by atoms with E-state index >= 15 is 0 Å². The zero-order chi connectivity index (χ0) is 30.3. The first kappa shape index (κ1) is 30.9. The molecule has 3 amide bonds. The van der Waals surface area contributed by atoms with Crippen LogP contribution in [0.15, 0.2) is 70.0 Å². The lowest BCUT2D eigenvalue weighted by molar-refractivity contribution is -0.127. The molecule has 12 heteroatoms. The second kappa shape index (κ2) is 14.3. The molecule has 5 rings (SSSR count). The lowest BCUT2D eigenvalue weighted by atomic mass is 10.1. The molecule has 0 radical (unpaired) electrons. The molecule has 0 saturated carbocycles. The number of rotatable bonds is 10. The molecule has 43 heavy (non-hydrogen) atoms. The highest BCUT2D eigenvalue weighted by molar-refractivity contribution is 9.10. The quantitative estimate of drug-likeness (QED) is 0.239. The van der Waals surface area contributed by atoms with Gasteiger partial charge in [-0.05, 0) is 76.6 Å². The van der Waals surface area contributed by atoms with E-state index in [9.17, 15) is 14.4 Å². The average molecular weight is 687 g/mol. The summed E-state index contributed by atoms with van der Waals surface area (Å²) in [5.74, 6) is -0.0563. The van der Waals surface area contributed by atoms with Crippen LogP contribution in [0, 0.1) is 0 Å². The van der Waals surface area contributed by atoms with Gasteiger partial charge >= 0.3 is 0 Å². The van der Waals surface area contributed by atoms with Crippen LogP contribution in [0.25, 0.3) is 6.08 Å². The molecule has 3 aromatic rings. The highest BCUT2D eigenvalue weighted by atomic mass is 79.9. The smallest absolute Gasteiger partial charge is 0.294 e. The summed E-state index contributed by atoms with van der Waals surface area (Å²) in [5, 5.41) is 2.94. The van der Waals surface area contributed by atoms with Crippen LogP contribution in [0.5, 0.6) is 11.5 Å². The Kier molecular flexibility index (Phi) is 10.3. The summed E-state index contributed by atoms with van der Waals surface area (Å²) in [6.45, 7) is 4.69. The fourth-order valence-corrected chi connectivity index (χ4v) is 6.22. The number of carbonyl (C=O) groups is 3. The van der Waals surface area contributed by atoms with Gasteiger partial charge in [0.05, 0.1) is 40.6 Å². The summed E-state index contributed by atoms with van der Waals surface area (Å²) in [4.78, 5) is 42.2. The van der Waals surface area contributed by atoms with Gasteiger partial charge in [0.2, 0.25) is 5.91 Å². The van der Waals surface area contributed by atoms with Gasteiger partial charge in [-0.25, -0.2) is 0 Å². The maximum Gasteiger partial charge on any atom is 0.294 e. The number of nitrogens with one attached hydrogen (secondary N) is 1. The summed E-state index contributed by atoms with van der Waals surface area (Å²) < 4.78 is 17.9. The Hall–Kier alpha value is -3.51. The molecule has 2 heterocycles. The zero-order valence-electron chi connectivity index (χ0n) is 23.3. The number of imide groups is 1. The fourth-order valence-electron chi connectivity index (χ4n) is 4.62. The Morgan fingerprint density at radius 1 is 1.09 bits per heavy atom. The van der Waals surface area contributed by atoms with Crippen LogP contribution in [0.2, 0.25) is 5.02 Å². The molecule has 0 spiro atoms. The number of benzene rings is 3. The summed E-state index contributed by atoms with van der Waals surface area (Å²) >= 11 is 10.6. The summed E-state index contributed by atoms with van der Waals surface area (Å²) in [6, 6.07) is 18.4. The monoisotopic (exact) mass is 685 g/mol. The number of hydrogen-bond acceptors (Lipinski definition) is 8. The molecule has 0 atom stereocenters. The second-order valence-corrected chi connectivity index (χ2v) is 11.8. The van der Waals surface area contributed by atoms with Gasteiger partial charge in [-0.3, -0.25) is 19.3 Å². The molecule has 3 aromatic carbocycles. The third-order valence-corrected chi connectivity index (χ3v) is 8.53. The number of para-hydroxylation sites is 2. The van der Waals surface area contributed by atoms with E-state index in [-0.39, 0.29) is 11.5 Å². The van der Waals surface area contributed by atoms with Gasteiger partial charge < -0.3 is 24.4 Å². The van der Waals surface area contributed by atoms with Crippen molar-refractivity contribution >= 4 is 73.8 Å². The van der Waals surface area contributed by atoms with Gasteiger partial charge in [-0.15, -0.1) is 0 Å². The van der Waals surface area contributed by atoms with Crippen LogP contribution in [-0.4, -0.2) is 61.4 Å². The van der Waals surface area contributed by atoms with Gasteiger partial charge in [0.25, 0.3) is 11.1 Å². The van der Waals surface area contributed by atoms with Crippen molar-refractivity contribution in [2.24, 2.45) is 0 Å². The van der Waals surface area contributed by atoms with E-state index in [2.05, 4.69) is 26.1 Å². The highest BCUT2D eigenvalue weighted by Crippen LogP contribution is 2.40. The fraction of sp³-hybridized carbons (Fsp3) is 0.258. The number of morpholine rings is 1. The van der Waals surface area contributed by atoms with Crippen LogP contribution in [-0.2, 0) is 20.9 Å². The third-order valence-electron chi connectivity index (χ3n) is 6.66. The zero-order valence-corrected chi connectivity index (χ0v) is 26.5. The lowest BCUT2D eigenvalue weighted by Crippen LogP contribution is -2.38. The number of halogens is 2. The molecule has 0 aliphatic carbocycles. The standard InChI is InChI=1S/C31H29BrClN3O6S/c1-2-41-26-16-20(15-22(32)29(26)42-19-21-7-3-4-8-23(21)33)17-27-30(38)36(31(39)43-27)18-28(37)34-24-9-5-6-10-25(24)35-11-13-40-14-12-35/h3-10,15-17H,2,11-14,18-19H2,1H3,(H,34,37)/b27-17+. The van der Waals surface area contributed by atoms with Crippen molar-refractivity contribution in [2.75, 3.05) is 49.7 Å². The molecule has 2 aliphatic heterocycles. The SMILES string of the molecule is CCOc1cc(/C=C2/SC(=O)N(CC(=O)Nc3ccccc3N3CCOCC3)C2=O)cc(Br)c1OCc1ccccc1Cl. The minimum atomic E-state index is -0.542. The summed E-state index contributed by atoms with van der Waals surface area (Å²) in [5.41, 5.74) is 2.92. The molecule has 2 saturated heterocycles. The van der Waals surface area contributed by atoms with Crippen molar-refractivity contribution in [1.82, 2.24) is 4.90 Å². The first-order valence-corrected chi connectivity index (χ1v) is 15.6. The van der Waals surface area contributed by atoms with E-state index in [1.54, 1.807) is 30.3 Å². The van der Waals surface area contributed by atoms with Crippen LogP contribution in [0.4, 0.5) is 16.2 Å². The van der Waals surface area contributed by atoms with E-state index < -0.39 is 23.6 Å². The number of ether oxygens (including phenoxy) is 3. The van der Waals surface area contributed by atoms with E-state index in [0.29, 0.717) is 65.2 Å². The van der Waals surface area contributed by atoms with Crippen molar-refractivity contribution in [3.8, 4) is 11.5 Å². The molecule has 224 valence electrons. The molecular formula is C31H29BrClN3O6S. The number of nitrogens with zero attached hydrogens (tertiary/aromatic N) is 2. The number of hydrogen-bond donors (Lipinski definition) is 1. The van der Waals surface area contributed by atoms with Crippen LogP contribution < -0.4 is 19.7 Å². The lowest BCUT2D eigenvalue weighted by Gasteiger charge is -2.30. The first-order chi connectivity index (χ1) is 20.8. The minimum absolute atomic E-state index is 0.200. The normalized spacial score (nSPS) is 16.1. The number of amides is 3. The van der Waals surface area contributed by atoms with Crippen LogP contribution in [0.1, 0.15) is 18.1 Å². The van der Waals surface area contributed by atoms with E-state index in [1.165, 1.54) is 0 Å². The maximum absolute atomic E-state index is 13.2. The Morgan fingerprint density at radius 2 is 1.84 bits per heavy atom. The predicted octanol–water partition coefficient (Wildman–Crippen LogP) is 6.59. The van der Waals surface area contributed by atoms with Gasteiger partial charge in [0.1, 0.15) is 13.2 Å². The van der Waals surface area contributed by atoms with Crippen LogP contribution >= 0.6 is 39.3 Å². The number of thioether (sulfide) groups is 1. The molecule has 2 aliphatic rings. The largest absolute Gasteiger partial charge is 0.490 e. The Bertz CT molecular complexity index is 1560. The third kappa shape index (κ3) is 7.53.